The van der Waals surface area contributed by atoms with Crippen molar-refractivity contribution >= 4 is 27.3 Å². The summed E-state index contributed by atoms with van der Waals surface area (Å²) in [6.45, 7) is 1.75. The topological polar surface area (TPSA) is 84.9 Å². The number of carbonyl (C=O) groups excluding carboxylic acids is 1. The maximum Gasteiger partial charge on any atom is 0.267 e. The van der Waals surface area contributed by atoms with Gasteiger partial charge in [0.15, 0.2) is 6.10 Å². The Kier molecular flexibility index (Phi) is 5.56. The van der Waals surface area contributed by atoms with E-state index in [2.05, 4.69) is 5.32 Å². The second-order valence-electron chi connectivity index (χ2n) is 7.14. The van der Waals surface area contributed by atoms with Crippen LogP contribution in [-0.4, -0.2) is 34.1 Å². The van der Waals surface area contributed by atoms with E-state index < -0.39 is 22.0 Å². The third-order valence-corrected chi connectivity index (χ3v) is 6.79. The molecular formula is C23H22N2O5S. The Balaban J connectivity index is 1.63. The highest BCUT2D eigenvalue weighted by atomic mass is 32.2. The molecule has 0 fully saturated rings. The van der Waals surface area contributed by atoms with Gasteiger partial charge in [-0.2, -0.15) is 0 Å². The van der Waals surface area contributed by atoms with Crippen LogP contribution in [0.2, 0.25) is 0 Å². The molecule has 0 saturated heterocycles. The van der Waals surface area contributed by atoms with Gasteiger partial charge < -0.3 is 14.8 Å². The molecule has 7 nitrogen and oxygen atoms in total. The molecule has 1 heterocycles. The Labute approximate surface area is 181 Å². The summed E-state index contributed by atoms with van der Waals surface area (Å²) in [5, 5.41) is 2.77. The zero-order valence-corrected chi connectivity index (χ0v) is 17.9. The fraction of sp³-hybridized carbons (Fsp3) is 0.174. The molecule has 1 atom stereocenters. The lowest BCUT2D eigenvalue weighted by Gasteiger charge is -2.34. The van der Waals surface area contributed by atoms with Crippen molar-refractivity contribution in [3.63, 3.8) is 0 Å². The lowest BCUT2D eigenvalue weighted by Crippen LogP contribution is -2.48. The van der Waals surface area contributed by atoms with Gasteiger partial charge in [0.05, 0.1) is 24.2 Å². The summed E-state index contributed by atoms with van der Waals surface area (Å²) < 4.78 is 39.0. The number of carbonyl (C=O) groups is 1. The maximum absolute atomic E-state index is 13.4. The molecule has 0 aromatic heterocycles. The molecule has 1 N–H and O–H groups in total. The minimum Gasteiger partial charge on any atom is -0.497 e. The molecule has 8 heteroatoms. The normalized spacial score (nSPS) is 15.5. The van der Waals surface area contributed by atoms with E-state index in [1.54, 1.807) is 79.9 Å². The van der Waals surface area contributed by atoms with E-state index in [1.165, 1.54) is 4.31 Å². The molecular weight excluding hydrogens is 416 g/mol. The van der Waals surface area contributed by atoms with Crippen LogP contribution in [-0.2, 0) is 14.8 Å². The Morgan fingerprint density at radius 1 is 1.03 bits per heavy atom. The van der Waals surface area contributed by atoms with Crippen LogP contribution in [0.25, 0.3) is 0 Å². The molecule has 0 spiro atoms. The zero-order valence-electron chi connectivity index (χ0n) is 17.1. The van der Waals surface area contributed by atoms with Crippen LogP contribution in [0.5, 0.6) is 11.5 Å². The number of nitrogens with one attached hydrogen (secondary N) is 1. The fourth-order valence-corrected chi connectivity index (χ4v) is 4.78. The van der Waals surface area contributed by atoms with Crippen molar-refractivity contribution in [2.24, 2.45) is 0 Å². The summed E-state index contributed by atoms with van der Waals surface area (Å²) in [4.78, 5) is 13.1. The van der Waals surface area contributed by atoms with Crippen molar-refractivity contribution < 1.29 is 22.7 Å². The summed E-state index contributed by atoms with van der Waals surface area (Å²) in [5.74, 6) is 0.555. The van der Waals surface area contributed by atoms with E-state index in [-0.39, 0.29) is 11.4 Å². The van der Waals surface area contributed by atoms with Gasteiger partial charge in [0.1, 0.15) is 11.5 Å². The smallest absolute Gasteiger partial charge is 0.267 e. The number of nitrogens with zero attached hydrogens (tertiary/aromatic N) is 1. The number of benzene rings is 3. The van der Waals surface area contributed by atoms with Crippen molar-refractivity contribution in [2.75, 3.05) is 23.3 Å². The minimum absolute atomic E-state index is 0.144. The monoisotopic (exact) mass is 438 g/mol. The average Bonchev–Trinajstić information content (AvgIpc) is 2.79. The molecule has 1 aliphatic heterocycles. The first kappa shape index (κ1) is 20.7. The van der Waals surface area contributed by atoms with Crippen molar-refractivity contribution in [3.8, 4) is 11.5 Å². The zero-order chi connectivity index (χ0) is 22.0. The summed E-state index contributed by atoms with van der Waals surface area (Å²) in [6, 6.07) is 20.3. The number of fused-ring (bicyclic) bond motifs is 1. The van der Waals surface area contributed by atoms with Gasteiger partial charge >= 0.3 is 0 Å². The van der Waals surface area contributed by atoms with Gasteiger partial charge in [-0.05, 0) is 55.5 Å². The molecule has 3 aromatic rings. The van der Waals surface area contributed by atoms with Crippen LogP contribution < -0.4 is 19.1 Å². The van der Waals surface area contributed by atoms with Gasteiger partial charge in [-0.25, -0.2) is 8.42 Å². The van der Waals surface area contributed by atoms with Crippen molar-refractivity contribution in [1.82, 2.24) is 0 Å². The van der Waals surface area contributed by atoms with Crippen LogP contribution in [0.15, 0.2) is 77.7 Å². The quantitative estimate of drug-likeness (QED) is 0.658. The number of anilines is 2. The molecule has 1 amide bonds. The minimum atomic E-state index is -3.88. The van der Waals surface area contributed by atoms with Gasteiger partial charge in [-0.15, -0.1) is 0 Å². The highest BCUT2D eigenvalue weighted by Crippen LogP contribution is 2.37. The molecule has 31 heavy (non-hydrogen) atoms. The summed E-state index contributed by atoms with van der Waals surface area (Å²) in [5.41, 5.74) is 1.91. The number of methoxy groups -OCH3 is 1. The predicted molar refractivity (Wildman–Crippen MR) is 118 cm³/mol. The lowest BCUT2D eigenvalue weighted by atomic mass is 10.2. The van der Waals surface area contributed by atoms with E-state index in [0.29, 0.717) is 22.9 Å². The van der Waals surface area contributed by atoms with Gasteiger partial charge in [0, 0.05) is 5.69 Å². The third kappa shape index (κ3) is 4.20. The van der Waals surface area contributed by atoms with Crippen LogP contribution in [0.1, 0.15) is 5.56 Å². The summed E-state index contributed by atoms with van der Waals surface area (Å²) >= 11 is 0. The second kappa shape index (κ2) is 8.31. The highest BCUT2D eigenvalue weighted by Gasteiger charge is 2.37. The number of aryl methyl sites for hydroxylation is 1. The van der Waals surface area contributed by atoms with Crippen molar-refractivity contribution in [3.05, 3.63) is 78.4 Å². The highest BCUT2D eigenvalue weighted by molar-refractivity contribution is 7.92. The van der Waals surface area contributed by atoms with Crippen LogP contribution >= 0.6 is 0 Å². The summed E-state index contributed by atoms with van der Waals surface area (Å²) in [7, 11) is -2.32. The largest absolute Gasteiger partial charge is 0.497 e. The molecule has 1 aliphatic rings. The van der Waals surface area contributed by atoms with Crippen molar-refractivity contribution in [2.45, 2.75) is 17.9 Å². The third-order valence-electron chi connectivity index (χ3n) is 4.99. The molecule has 0 aliphatic carbocycles. The van der Waals surface area contributed by atoms with Gasteiger partial charge in [0.25, 0.3) is 15.9 Å². The van der Waals surface area contributed by atoms with Crippen LogP contribution in [0, 0.1) is 6.92 Å². The fourth-order valence-electron chi connectivity index (χ4n) is 3.30. The molecule has 3 aromatic carbocycles. The Bertz CT molecular complexity index is 1190. The number of rotatable bonds is 5. The standard InChI is InChI=1S/C23H22N2O5S/c1-16-7-13-19(14-8-16)31(27,28)25-15-22(30-21-6-4-3-5-20(21)25)23(26)24-17-9-11-18(29-2)12-10-17/h3-14,22H,15H2,1-2H3,(H,24,26). The number of sulfonamides is 1. The molecule has 1 unspecified atom stereocenters. The SMILES string of the molecule is COc1ccc(NC(=O)C2CN(S(=O)(=O)c3ccc(C)cc3)c3ccccc3O2)cc1. The number of hydrogen-bond donors (Lipinski definition) is 1. The number of amides is 1. The summed E-state index contributed by atoms with van der Waals surface area (Å²) in [6.07, 6.45) is -1.02. The van der Waals surface area contributed by atoms with E-state index in [0.717, 1.165) is 5.56 Å². The number of hydrogen-bond acceptors (Lipinski definition) is 5. The van der Waals surface area contributed by atoms with Crippen LogP contribution in [0.4, 0.5) is 11.4 Å². The molecule has 160 valence electrons. The second-order valence-corrected chi connectivity index (χ2v) is 9.00. The first-order valence-electron chi connectivity index (χ1n) is 9.68. The predicted octanol–water partition coefficient (Wildman–Crippen LogP) is 3.60. The molecule has 0 saturated carbocycles. The molecule has 0 radical (unpaired) electrons. The first-order valence-corrected chi connectivity index (χ1v) is 11.1. The molecule has 4 rings (SSSR count). The number of ether oxygens (including phenoxy) is 2. The van der Waals surface area contributed by atoms with E-state index >= 15 is 0 Å². The van der Waals surface area contributed by atoms with Gasteiger partial charge in [-0.3, -0.25) is 9.10 Å². The first-order chi connectivity index (χ1) is 14.9. The molecule has 0 bridgehead atoms. The van der Waals surface area contributed by atoms with Crippen molar-refractivity contribution in [1.29, 1.82) is 0 Å². The van der Waals surface area contributed by atoms with Crippen LogP contribution in [0.3, 0.4) is 0 Å². The maximum atomic E-state index is 13.4. The Hall–Kier alpha value is -3.52. The number of para-hydroxylation sites is 2. The Morgan fingerprint density at radius 2 is 1.71 bits per heavy atom. The van der Waals surface area contributed by atoms with Gasteiger partial charge in [-0.1, -0.05) is 29.8 Å². The van der Waals surface area contributed by atoms with E-state index in [9.17, 15) is 13.2 Å². The lowest BCUT2D eigenvalue weighted by molar-refractivity contribution is -0.122. The average molecular weight is 439 g/mol. The van der Waals surface area contributed by atoms with E-state index in [4.69, 9.17) is 9.47 Å². The van der Waals surface area contributed by atoms with E-state index in [1.807, 2.05) is 6.92 Å². The van der Waals surface area contributed by atoms with Gasteiger partial charge in [0.2, 0.25) is 0 Å². The Morgan fingerprint density at radius 3 is 2.39 bits per heavy atom.